The zero-order chi connectivity index (χ0) is 13.1. The van der Waals surface area contributed by atoms with Crippen LogP contribution in [-0.2, 0) is 9.84 Å². The lowest BCUT2D eigenvalue weighted by Crippen LogP contribution is -2.34. The second-order valence-corrected chi connectivity index (χ2v) is 4.96. The number of halogens is 1. The molecule has 1 rings (SSSR count). The third kappa shape index (κ3) is 2.78. The van der Waals surface area contributed by atoms with Gasteiger partial charge in [0.25, 0.3) is 5.16 Å². The van der Waals surface area contributed by atoms with Crippen molar-refractivity contribution in [3.8, 4) is 0 Å². The van der Waals surface area contributed by atoms with Crippen LogP contribution in [-0.4, -0.2) is 53.2 Å². The SMILES string of the molecule is CCN(CC)C(=O)n1cnc(S(=O)(=O)CF)n1. The lowest BCUT2D eigenvalue weighted by atomic mass is 10.5. The van der Waals surface area contributed by atoms with E-state index in [0.29, 0.717) is 13.1 Å². The molecule has 0 unspecified atom stereocenters. The Balaban J connectivity index is 3.00. The molecule has 7 nitrogen and oxygen atoms in total. The molecule has 0 aliphatic carbocycles. The minimum atomic E-state index is -4.13. The number of hydrogen-bond acceptors (Lipinski definition) is 5. The van der Waals surface area contributed by atoms with Crippen LogP contribution in [0.25, 0.3) is 0 Å². The fourth-order valence-electron chi connectivity index (χ4n) is 1.17. The van der Waals surface area contributed by atoms with E-state index in [1.165, 1.54) is 4.90 Å². The number of carbonyl (C=O) groups excluding carboxylic acids is 1. The minimum Gasteiger partial charge on any atom is -0.323 e. The van der Waals surface area contributed by atoms with Crippen molar-refractivity contribution in [3.05, 3.63) is 6.33 Å². The van der Waals surface area contributed by atoms with Crippen molar-refractivity contribution < 1.29 is 17.6 Å². The fourth-order valence-corrected chi connectivity index (χ4v) is 1.69. The number of rotatable bonds is 4. The Morgan fingerprint density at radius 2 is 2.06 bits per heavy atom. The molecule has 0 aliphatic rings. The van der Waals surface area contributed by atoms with E-state index < -0.39 is 27.0 Å². The van der Waals surface area contributed by atoms with Gasteiger partial charge in [-0.05, 0) is 13.8 Å². The maximum absolute atomic E-state index is 12.2. The van der Waals surface area contributed by atoms with Crippen LogP contribution in [0.4, 0.5) is 9.18 Å². The van der Waals surface area contributed by atoms with Crippen LogP contribution in [0.15, 0.2) is 11.5 Å². The molecule has 0 saturated carbocycles. The van der Waals surface area contributed by atoms with Crippen molar-refractivity contribution >= 4 is 15.9 Å². The number of amides is 1. The Morgan fingerprint density at radius 1 is 1.47 bits per heavy atom. The summed E-state index contributed by atoms with van der Waals surface area (Å²) in [5.41, 5.74) is 0. The summed E-state index contributed by atoms with van der Waals surface area (Å²) in [5.74, 6) is 0. The Hall–Kier alpha value is -1.51. The summed E-state index contributed by atoms with van der Waals surface area (Å²) in [6.45, 7) is 4.47. The largest absolute Gasteiger partial charge is 0.346 e. The van der Waals surface area contributed by atoms with Crippen LogP contribution < -0.4 is 0 Å². The van der Waals surface area contributed by atoms with Crippen LogP contribution in [0.1, 0.15) is 13.8 Å². The van der Waals surface area contributed by atoms with Gasteiger partial charge >= 0.3 is 6.03 Å². The van der Waals surface area contributed by atoms with Crippen molar-refractivity contribution in [2.45, 2.75) is 19.0 Å². The first-order valence-electron chi connectivity index (χ1n) is 4.96. The summed E-state index contributed by atoms with van der Waals surface area (Å²) in [5, 5.41) is 2.78. The molecule has 1 heterocycles. The maximum atomic E-state index is 12.2. The van der Waals surface area contributed by atoms with Gasteiger partial charge in [-0.15, -0.1) is 5.10 Å². The number of nitrogens with zero attached hydrogens (tertiary/aromatic N) is 4. The van der Waals surface area contributed by atoms with Gasteiger partial charge in [0.15, 0.2) is 6.01 Å². The second-order valence-electron chi connectivity index (χ2n) is 3.15. The molecule has 0 saturated heterocycles. The molecular formula is C8H13FN4O3S. The normalized spacial score (nSPS) is 11.5. The van der Waals surface area contributed by atoms with E-state index in [4.69, 9.17) is 0 Å². The number of alkyl halides is 1. The van der Waals surface area contributed by atoms with E-state index in [0.717, 1.165) is 11.0 Å². The molecule has 0 N–H and O–H groups in total. The third-order valence-corrected chi connectivity index (χ3v) is 3.15. The zero-order valence-corrected chi connectivity index (χ0v) is 10.3. The standard InChI is InChI=1S/C8H13FN4O3S/c1-3-12(4-2)8(14)13-6-10-7(11-13)17(15,16)5-9/h6H,3-5H2,1-2H3. The summed E-state index contributed by atoms with van der Waals surface area (Å²) in [6.07, 6.45) is 0.962. The van der Waals surface area contributed by atoms with Gasteiger partial charge in [-0.25, -0.2) is 22.6 Å². The van der Waals surface area contributed by atoms with Crippen LogP contribution in [0, 0.1) is 0 Å². The summed E-state index contributed by atoms with van der Waals surface area (Å²) < 4.78 is 35.2. The van der Waals surface area contributed by atoms with E-state index in [9.17, 15) is 17.6 Å². The Morgan fingerprint density at radius 3 is 2.53 bits per heavy atom. The summed E-state index contributed by atoms with van der Waals surface area (Å²) in [4.78, 5) is 16.6. The highest BCUT2D eigenvalue weighted by Gasteiger charge is 2.22. The third-order valence-electron chi connectivity index (χ3n) is 2.12. The van der Waals surface area contributed by atoms with Crippen molar-refractivity contribution in [2.75, 3.05) is 19.1 Å². The zero-order valence-electron chi connectivity index (χ0n) is 9.50. The van der Waals surface area contributed by atoms with Crippen LogP contribution in [0.5, 0.6) is 0 Å². The molecule has 0 spiro atoms. The molecular weight excluding hydrogens is 251 g/mol. The topological polar surface area (TPSA) is 85.2 Å². The number of aromatic nitrogens is 3. The minimum absolute atomic E-state index is 0.459. The molecule has 0 aliphatic heterocycles. The maximum Gasteiger partial charge on any atom is 0.346 e. The van der Waals surface area contributed by atoms with Gasteiger partial charge in [0, 0.05) is 13.1 Å². The molecule has 1 aromatic heterocycles. The first-order chi connectivity index (χ1) is 7.96. The second kappa shape index (κ2) is 5.21. The summed E-state index contributed by atoms with van der Waals surface area (Å²) in [6, 6.07) is -2.08. The van der Waals surface area contributed by atoms with Crippen molar-refractivity contribution in [1.82, 2.24) is 19.7 Å². The highest BCUT2D eigenvalue weighted by atomic mass is 32.2. The molecule has 96 valence electrons. The Bertz CT molecular complexity index is 495. The molecule has 9 heteroatoms. The average Bonchev–Trinajstić information content (AvgIpc) is 2.80. The molecule has 1 aromatic rings. The highest BCUT2D eigenvalue weighted by Crippen LogP contribution is 2.05. The molecule has 0 radical (unpaired) electrons. The first-order valence-corrected chi connectivity index (χ1v) is 6.61. The molecule has 0 fully saturated rings. The molecule has 1 amide bonds. The Kier molecular flexibility index (Phi) is 4.16. The highest BCUT2D eigenvalue weighted by molar-refractivity contribution is 7.91. The van der Waals surface area contributed by atoms with Gasteiger partial charge < -0.3 is 4.90 Å². The molecule has 17 heavy (non-hydrogen) atoms. The van der Waals surface area contributed by atoms with Crippen molar-refractivity contribution in [3.63, 3.8) is 0 Å². The van der Waals surface area contributed by atoms with Gasteiger partial charge in [0.1, 0.15) is 6.33 Å². The Labute approximate surface area is 98.2 Å². The van der Waals surface area contributed by atoms with E-state index in [2.05, 4.69) is 10.1 Å². The van der Waals surface area contributed by atoms with Gasteiger partial charge in [-0.1, -0.05) is 0 Å². The molecule has 0 bridgehead atoms. The van der Waals surface area contributed by atoms with Crippen LogP contribution in [0.2, 0.25) is 0 Å². The molecule has 0 atom stereocenters. The summed E-state index contributed by atoms with van der Waals surface area (Å²) in [7, 11) is -4.13. The van der Waals surface area contributed by atoms with Gasteiger partial charge in [-0.2, -0.15) is 4.68 Å². The summed E-state index contributed by atoms with van der Waals surface area (Å²) >= 11 is 0. The van der Waals surface area contributed by atoms with Crippen molar-refractivity contribution in [2.24, 2.45) is 0 Å². The first kappa shape index (κ1) is 13.6. The lowest BCUT2D eigenvalue weighted by Gasteiger charge is -2.17. The lowest BCUT2D eigenvalue weighted by molar-refractivity contribution is 0.201. The van der Waals surface area contributed by atoms with E-state index in [1.54, 1.807) is 13.8 Å². The predicted molar refractivity (Wildman–Crippen MR) is 56.9 cm³/mol. The van der Waals surface area contributed by atoms with Gasteiger partial charge in [0.2, 0.25) is 9.84 Å². The van der Waals surface area contributed by atoms with Crippen LogP contribution in [0.3, 0.4) is 0 Å². The predicted octanol–water partition coefficient (Wildman–Crippen LogP) is 0.289. The quantitative estimate of drug-likeness (QED) is 0.780. The average molecular weight is 264 g/mol. The van der Waals surface area contributed by atoms with E-state index in [-0.39, 0.29) is 0 Å². The monoisotopic (exact) mass is 264 g/mol. The fraction of sp³-hybridized carbons (Fsp3) is 0.625. The number of hydrogen-bond donors (Lipinski definition) is 0. The van der Waals surface area contributed by atoms with E-state index >= 15 is 0 Å². The van der Waals surface area contributed by atoms with Gasteiger partial charge in [0.05, 0.1) is 0 Å². The van der Waals surface area contributed by atoms with Gasteiger partial charge in [-0.3, -0.25) is 0 Å². The number of sulfone groups is 1. The van der Waals surface area contributed by atoms with E-state index in [1.807, 2.05) is 0 Å². The number of carbonyl (C=O) groups is 1. The smallest absolute Gasteiger partial charge is 0.323 e. The molecule has 0 aromatic carbocycles. The van der Waals surface area contributed by atoms with Crippen molar-refractivity contribution in [1.29, 1.82) is 0 Å². The van der Waals surface area contributed by atoms with Crippen LogP contribution >= 0.6 is 0 Å².